The predicted octanol–water partition coefficient (Wildman–Crippen LogP) is -5.66. The number of anilines is 1. The third-order valence-corrected chi connectivity index (χ3v) is 5.18. The van der Waals surface area contributed by atoms with E-state index in [0.717, 1.165) is 18.4 Å². The van der Waals surface area contributed by atoms with Gasteiger partial charge in [-0.1, -0.05) is 5.16 Å². The molecule has 2 heterocycles. The smallest absolute Gasteiger partial charge is 0.731 e. The number of nitrogen functional groups attached to an aromatic ring is 1. The third-order valence-electron chi connectivity index (χ3n) is 3.62. The van der Waals surface area contributed by atoms with Gasteiger partial charge in [-0.3, -0.25) is 9.59 Å². The van der Waals surface area contributed by atoms with E-state index < -0.39 is 58.5 Å². The number of β-lactam (4-membered cyclic amide) rings is 1. The van der Waals surface area contributed by atoms with Crippen LogP contribution >= 0.6 is 11.3 Å². The SMILES string of the molecule is CCOC(=O)COC(=O)[C@H]1[C@@H](NC(=O)/C(=N\OC)c2csc(N)n2)C(=O)N1S(=O)(=O)[O-].[Na+]. The summed E-state index contributed by atoms with van der Waals surface area (Å²) in [5, 5.41) is 6.99. The maximum Gasteiger partial charge on any atom is 1.00 e. The van der Waals surface area contributed by atoms with Gasteiger partial charge in [-0.2, -0.15) is 0 Å². The fourth-order valence-electron chi connectivity index (χ4n) is 2.40. The first kappa shape index (κ1) is 27.7. The molecule has 32 heavy (non-hydrogen) atoms. The van der Waals surface area contributed by atoms with Gasteiger partial charge in [0.15, 0.2) is 33.8 Å². The molecule has 0 saturated carbocycles. The molecule has 15 nitrogen and oxygen atoms in total. The number of carbonyl (C=O) groups is 4. The summed E-state index contributed by atoms with van der Waals surface area (Å²) in [5.41, 5.74) is 5.03. The topological polar surface area (TPSA) is 220 Å². The number of nitrogens with one attached hydrogen (secondary N) is 1. The summed E-state index contributed by atoms with van der Waals surface area (Å²) < 4.78 is 42.9. The first-order chi connectivity index (χ1) is 14.5. The molecule has 1 aromatic heterocycles. The van der Waals surface area contributed by atoms with Crippen molar-refractivity contribution >= 4 is 56.2 Å². The van der Waals surface area contributed by atoms with E-state index in [1.165, 1.54) is 12.3 Å². The quantitative estimate of drug-likeness (QED) is 0.0807. The third kappa shape index (κ3) is 6.36. The van der Waals surface area contributed by atoms with E-state index >= 15 is 0 Å². The number of aromatic nitrogens is 1. The van der Waals surface area contributed by atoms with Crippen LogP contribution in [-0.4, -0.2) is 84.1 Å². The molecule has 0 bridgehead atoms. The van der Waals surface area contributed by atoms with Crippen LogP contribution in [0.3, 0.4) is 0 Å². The molecule has 0 spiro atoms. The minimum Gasteiger partial charge on any atom is -0.731 e. The van der Waals surface area contributed by atoms with Crippen LogP contribution in [0.25, 0.3) is 0 Å². The summed E-state index contributed by atoms with van der Waals surface area (Å²) in [7, 11) is -4.30. The van der Waals surface area contributed by atoms with E-state index in [4.69, 9.17) is 5.73 Å². The molecule has 3 N–H and O–H groups in total. The molecule has 1 fully saturated rings. The summed E-state index contributed by atoms with van der Waals surface area (Å²) >= 11 is 0.974. The average molecular weight is 501 g/mol. The Balaban J connectivity index is 0.00000512. The number of rotatable bonds is 9. The molecule has 18 heteroatoms. The van der Waals surface area contributed by atoms with Crippen molar-refractivity contribution in [1.82, 2.24) is 14.6 Å². The molecule has 170 valence electrons. The molecule has 1 aromatic rings. The van der Waals surface area contributed by atoms with Crippen molar-refractivity contribution in [3.05, 3.63) is 11.1 Å². The number of hydrogen-bond donors (Lipinski definition) is 2. The molecule has 0 radical (unpaired) electrons. The molecule has 0 aromatic carbocycles. The van der Waals surface area contributed by atoms with Crippen LogP contribution in [0, 0.1) is 0 Å². The van der Waals surface area contributed by atoms with Gasteiger partial charge in [0.25, 0.3) is 11.8 Å². The molecule has 1 saturated heterocycles. The number of carbonyl (C=O) groups excluding carboxylic acids is 4. The van der Waals surface area contributed by atoms with E-state index in [9.17, 15) is 32.1 Å². The van der Waals surface area contributed by atoms with Crippen LogP contribution in [-0.2, 0) is 43.8 Å². The van der Waals surface area contributed by atoms with Crippen molar-refractivity contribution in [2.45, 2.75) is 19.0 Å². The largest absolute Gasteiger partial charge is 1.00 e. The van der Waals surface area contributed by atoms with E-state index in [2.05, 4.69) is 29.8 Å². The zero-order valence-corrected chi connectivity index (χ0v) is 20.6. The number of amides is 2. The zero-order valence-electron chi connectivity index (χ0n) is 17.0. The van der Waals surface area contributed by atoms with E-state index in [1.807, 2.05) is 0 Å². The molecular formula is C14H16N5NaO10S2. The van der Waals surface area contributed by atoms with Gasteiger partial charge in [0.1, 0.15) is 18.8 Å². The first-order valence-electron chi connectivity index (χ1n) is 8.26. The second-order valence-corrected chi connectivity index (χ2v) is 7.73. The second kappa shape index (κ2) is 11.5. The van der Waals surface area contributed by atoms with Crippen molar-refractivity contribution in [2.75, 3.05) is 26.1 Å². The maximum absolute atomic E-state index is 12.5. The summed E-state index contributed by atoms with van der Waals surface area (Å²) in [6.07, 6.45) is 0. The van der Waals surface area contributed by atoms with Gasteiger partial charge in [0.05, 0.1) is 6.61 Å². The van der Waals surface area contributed by atoms with Gasteiger partial charge in [0.2, 0.25) is 0 Å². The van der Waals surface area contributed by atoms with Crippen LogP contribution in [0.5, 0.6) is 0 Å². The number of nitrogens with zero attached hydrogens (tertiary/aromatic N) is 3. The Labute approximate surface area is 207 Å². The minimum absolute atomic E-state index is 0. The Morgan fingerprint density at radius 1 is 1.38 bits per heavy atom. The Bertz CT molecular complexity index is 1030. The summed E-state index contributed by atoms with van der Waals surface area (Å²) in [4.78, 5) is 56.6. The van der Waals surface area contributed by atoms with Crippen molar-refractivity contribution < 1.29 is 76.0 Å². The molecular weight excluding hydrogens is 485 g/mol. The maximum atomic E-state index is 12.5. The van der Waals surface area contributed by atoms with Crippen molar-refractivity contribution in [2.24, 2.45) is 5.16 Å². The Hall–Kier alpha value is -2.31. The number of nitrogens with two attached hydrogens (primary N) is 1. The van der Waals surface area contributed by atoms with Crippen LogP contribution in [0.2, 0.25) is 0 Å². The summed E-state index contributed by atoms with van der Waals surface area (Å²) in [6, 6.07) is -3.85. The van der Waals surface area contributed by atoms with Crippen molar-refractivity contribution in [3.63, 3.8) is 0 Å². The van der Waals surface area contributed by atoms with Gasteiger partial charge in [-0.05, 0) is 6.92 Å². The second-order valence-electron chi connectivity index (χ2n) is 5.59. The summed E-state index contributed by atoms with van der Waals surface area (Å²) in [6.45, 7) is 0.580. The molecule has 1 aliphatic heterocycles. The van der Waals surface area contributed by atoms with Crippen LogP contribution in [0.4, 0.5) is 5.13 Å². The number of thiazole rings is 1. The number of esters is 2. The number of hydrogen-bond acceptors (Lipinski definition) is 14. The summed E-state index contributed by atoms with van der Waals surface area (Å²) in [5.74, 6) is -4.86. The molecule has 2 rings (SSSR count). The molecule has 0 aliphatic carbocycles. The van der Waals surface area contributed by atoms with E-state index in [0.29, 0.717) is 0 Å². The Morgan fingerprint density at radius 3 is 2.53 bits per heavy atom. The van der Waals surface area contributed by atoms with Gasteiger partial charge in [-0.25, -0.2) is 27.3 Å². The minimum atomic E-state index is -5.42. The van der Waals surface area contributed by atoms with Gasteiger partial charge >= 0.3 is 41.5 Å². The van der Waals surface area contributed by atoms with Gasteiger partial charge in [-0.15, -0.1) is 11.3 Å². The van der Waals surface area contributed by atoms with Crippen LogP contribution in [0.1, 0.15) is 12.6 Å². The van der Waals surface area contributed by atoms with Gasteiger partial charge < -0.3 is 29.9 Å². The van der Waals surface area contributed by atoms with E-state index in [1.54, 1.807) is 0 Å². The monoisotopic (exact) mass is 501 g/mol. The number of oxime groups is 1. The molecule has 2 atom stereocenters. The average Bonchev–Trinajstić information content (AvgIpc) is 3.11. The fourth-order valence-corrected chi connectivity index (χ4v) is 3.77. The first-order valence-corrected chi connectivity index (χ1v) is 10.5. The molecule has 0 unspecified atom stereocenters. The van der Waals surface area contributed by atoms with Gasteiger partial charge in [0, 0.05) is 5.38 Å². The fraction of sp³-hybridized carbons (Fsp3) is 0.429. The van der Waals surface area contributed by atoms with Crippen LogP contribution < -0.4 is 40.6 Å². The zero-order chi connectivity index (χ0) is 23.3. The van der Waals surface area contributed by atoms with E-state index in [-0.39, 0.29) is 51.3 Å². The molecule has 2 amide bonds. The Morgan fingerprint density at radius 2 is 2.03 bits per heavy atom. The molecule has 1 aliphatic rings. The number of ether oxygens (including phenoxy) is 2. The van der Waals surface area contributed by atoms with Crippen molar-refractivity contribution in [3.8, 4) is 0 Å². The normalized spacial score (nSPS) is 18.2. The Kier molecular flexibility index (Phi) is 9.98. The predicted molar refractivity (Wildman–Crippen MR) is 99.9 cm³/mol. The van der Waals surface area contributed by atoms with Crippen molar-refractivity contribution in [1.29, 1.82) is 0 Å². The van der Waals surface area contributed by atoms with Crippen LogP contribution in [0.15, 0.2) is 10.5 Å². The standard InChI is InChI=1S/C14H17N5O10S2.Na/c1-3-28-7(20)4-29-13(23)10-9(12(22)19(10)31(24,25)26)17-11(21)8(18-27-2)6-5-30-14(15)16-6;/h5,9-10H,3-4H2,1-2H3,(H2,15,16)(H,17,21)(H,24,25,26);/q;+1/p-1/b18-8-;/t9-,10-;/m1./s1.